The molecule has 2 heterocycles. The second kappa shape index (κ2) is 8.17. The molecule has 5 nitrogen and oxygen atoms in total. The lowest BCUT2D eigenvalue weighted by atomic mass is 10.1. The Labute approximate surface area is 136 Å². The number of rotatable bonds is 5. The predicted molar refractivity (Wildman–Crippen MR) is 89.5 cm³/mol. The lowest BCUT2D eigenvalue weighted by molar-refractivity contribution is -0.134. The molecule has 1 saturated heterocycles. The third-order valence-corrected chi connectivity index (χ3v) is 3.82. The van der Waals surface area contributed by atoms with Crippen LogP contribution in [0.5, 0.6) is 0 Å². The Balaban J connectivity index is 0.00000176. The smallest absolute Gasteiger partial charge is 0.250 e. The Hall–Kier alpha value is -1.56. The summed E-state index contributed by atoms with van der Waals surface area (Å²) in [5.41, 5.74) is 2.47. The van der Waals surface area contributed by atoms with Crippen LogP contribution in [0.4, 0.5) is 0 Å². The van der Waals surface area contributed by atoms with Crippen LogP contribution in [-0.2, 0) is 16.0 Å². The number of H-pyrrole nitrogens is 1. The first-order valence-electron chi connectivity index (χ1n) is 7.49. The van der Waals surface area contributed by atoms with Crippen LogP contribution in [0.1, 0.15) is 12.0 Å². The molecule has 0 saturated carbocycles. The number of benzene rings is 1. The van der Waals surface area contributed by atoms with E-state index in [1.807, 2.05) is 6.07 Å². The van der Waals surface area contributed by atoms with Crippen molar-refractivity contribution in [3.63, 3.8) is 0 Å². The molecular formula is C16H22ClN3O2. The fourth-order valence-corrected chi connectivity index (χ4v) is 2.68. The standard InChI is InChI=1S/C16H21N3O2.ClH/c20-16(15-11-17-8-9-21-15)18-7-3-4-12-10-19-14-6-2-1-5-13(12)14;/h1-2,5-6,10,15,17,19H,3-4,7-9,11H2,(H,18,20);1H. The highest BCUT2D eigenvalue weighted by Gasteiger charge is 2.20. The molecule has 1 aromatic carbocycles. The fourth-order valence-electron chi connectivity index (χ4n) is 2.68. The number of hydrogen-bond donors (Lipinski definition) is 3. The molecule has 1 aromatic heterocycles. The summed E-state index contributed by atoms with van der Waals surface area (Å²) in [7, 11) is 0. The lowest BCUT2D eigenvalue weighted by Gasteiger charge is -2.22. The summed E-state index contributed by atoms with van der Waals surface area (Å²) >= 11 is 0. The van der Waals surface area contributed by atoms with Crippen molar-refractivity contribution >= 4 is 29.2 Å². The van der Waals surface area contributed by atoms with Gasteiger partial charge in [0.1, 0.15) is 6.10 Å². The van der Waals surface area contributed by atoms with Gasteiger partial charge in [0, 0.05) is 36.7 Å². The molecule has 1 atom stereocenters. The highest BCUT2D eigenvalue weighted by Crippen LogP contribution is 2.18. The number of amides is 1. The summed E-state index contributed by atoms with van der Waals surface area (Å²) in [6.45, 7) is 2.71. The minimum Gasteiger partial charge on any atom is -0.366 e. The summed E-state index contributed by atoms with van der Waals surface area (Å²) in [6, 6.07) is 8.28. The molecule has 0 radical (unpaired) electrons. The number of morpholine rings is 1. The molecule has 120 valence electrons. The van der Waals surface area contributed by atoms with E-state index in [0.29, 0.717) is 19.7 Å². The number of ether oxygens (including phenoxy) is 1. The molecule has 1 amide bonds. The van der Waals surface area contributed by atoms with Crippen molar-refractivity contribution in [2.75, 3.05) is 26.2 Å². The number of halogens is 1. The van der Waals surface area contributed by atoms with Gasteiger partial charge >= 0.3 is 0 Å². The summed E-state index contributed by atoms with van der Waals surface area (Å²) < 4.78 is 5.42. The monoisotopic (exact) mass is 323 g/mol. The van der Waals surface area contributed by atoms with E-state index in [2.05, 4.69) is 40.0 Å². The number of carbonyl (C=O) groups excluding carboxylic acids is 1. The molecule has 1 aliphatic rings. The summed E-state index contributed by atoms with van der Waals surface area (Å²) in [5.74, 6) is -0.0128. The summed E-state index contributed by atoms with van der Waals surface area (Å²) in [6.07, 6.45) is 3.59. The van der Waals surface area contributed by atoms with Crippen molar-refractivity contribution < 1.29 is 9.53 Å². The van der Waals surface area contributed by atoms with Gasteiger partial charge in [0.2, 0.25) is 5.91 Å². The van der Waals surface area contributed by atoms with Gasteiger partial charge < -0.3 is 20.4 Å². The Kier molecular flexibility index (Phi) is 6.24. The SMILES string of the molecule is Cl.O=C(NCCCc1c[nH]c2ccccc12)C1CNCCO1. The van der Waals surface area contributed by atoms with Crippen LogP contribution in [-0.4, -0.2) is 43.2 Å². The largest absolute Gasteiger partial charge is 0.366 e. The van der Waals surface area contributed by atoms with Crippen LogP contribution < -0.4 is 10.6 Å². The number of fused-ring (bicyclic) bond motifs is 1. The Bertz CT molecular complexity index is 608. The second-order valence-electron chi connectivity index (χ2n) is 5.32. The van der Waals surface area contributed by atoms with E-state index in [1.165, 1.54) is 16.5 Å². The van der Waals surface area contributed by atoms with E-state index < -0.39 is 0 Å². The first-order chi connectivity index (χ1) is 10.3. The van der Waals surface area contributed by atoms with Gasteiger partial charge in [0.15, 0.2) is 0 Å². The number of para-hydroxylation sites is 1. The van der Waals surface area contributed by atoms with E-state index in [4.69, 9.17) is 4.74 Å². The maximum absolute atomic E-state index is 11.9. The minimum absolute atomic E-state index is 0. The van der Waals surface area contributed by atoms with Gasteiger partial charge in [-0.15, -0.1) is 12.4 Å². The van der Waals surface area contributed by atoms with Crippen LogP contribution >= 0.6 is 12.4 Å². The lowest BCUT2D eigenvalue weighted by Crippen LogP contribution is -2.48. The number of carbonyl (C=O) groups is 1. The third-order valence-electron chi connectivity index (χ3n) is 3.82. The Morgan fingerprint density at radius 3 is 3.05 bits per heavy atom. The molecule has 3 N–H and O–H groups in total. The van der Waals surface area contributed by atoms with E-state index in [0.717, 1.165) is 19.4 Å². The van der Waals surface area contributed by atoms with Crippen LogP contribution in [0.25, 0.3) is 10.9 Å². The first kappa shape index (κ1) is 16.8. The average molecular weight is 324 g/mol. The Morgan fingerprint density at radius 1 is 1.36 bits per heavy atom. The topological polar surface area (TPSA) is 66.2 Å². The van der Waals surface area contributed by atoms with E-state index in [1.54, 1.807) is 0 Å². The molecule has 1 aliphatic heterocycles. The molecule has 0 bridgehead atoms. The van der Waals surface area contributed by atoms with Crippen molar-refractivity contribution in [2.45, 2.75) is 18.9 Å². The molecule has 0 aliphatic carbocycles. The number of hydrogen-bond acceptors (Lipinski definition) is 3. The molecule has 3 rings (SSSR count). The number of nitrogens with one attached hydrogen (secondary N) is 3. The van der Waals surface area contributed by atoms with E-state index >= 15 is 0 Å². The normalized spacial score (nSPS) is 17.9. The summed E-state index contributed by atoms with van der Waals surface area (Å²) in [5, 5.41) is 7.37. The zero-order valence-corrected chi connectivity index (χ0v) is 13.2. The van der Waals surface area contributed by atoms with Gasteiger partial charge in [-0.25, -0.2) is 0 Å². The number of aryl methyl sites for hydroxylation is 1. The minimum atomic E-state index is -0.341. The quantitative estimate of drug-likeness (QED) is 0.733. The zero-order chi connectivity index (χ0) is 14.5. The third kappa shape index (κ3) is 4.00. The maximum Gasteiger partial charge on any atom is 0.250 e. The molecule has 1 fully saturated rings. The van der Waals surface area contributed by atoms with E-state index in [-0.39, 0.29) is 24.4 Å². The van der Waals surface area contributed by atoms with Gasteiger partial charge in [-0.1, -0.05) is 18.2 Å². The molecule has 2 aromatic rings. The van der Waals surface area contributed by atoms with Crippen LogP contribution in [0.15, 0.2) is 30.5 Å². The van der Waals surface area contributed by atoms with Crippen LogP contribution in [0, 0.1) is 0 Å². The van der Waals surface area contributed by atoms with Crippen molar-refractivity contribution in [3.8, 4) is 0 Å². The van der Waals surface area contributed by atoms with Gasteiger partial charge in [-0.3, -0.25) is 4.79 Å². The average Bonchev–Trinajstić information content (AvgIpc) is 2.95. The molecule has 22 heavy (non-hydrogen) atoms. The van der Waals surface area contributed by atoms with Crippen molar-refractivity contribution in [1.82, 2.24) is 15.6 Å². The van der Waals surface area contributed by atoms with Crippen LogP contribution in [0.3, 0.4) is 0 Å². The highest BCUT2D eigenvalue weighted by molar-refractivity contribution is 5.85. The zero-order valence-electron chi connectivity index (χ0n) is 12.4. The Morgan fingerprint density at radius 2 is 2.23 bits per heavy atom. The van der Waals surface area contributed by atoms with Crippen LogP contribution in [0.2, 0.25) is 0 Å². The van der Waals surface area contributed by atoms with Crippen molar-refractivity contribution in [1.29, 1.82) is 0 Å². The van der Waals surface area contributed by atoms with Gasteiger partial charge in [-0.05, 0) is 24.5 Å². The van der Waals surface area contributed by atoms with Gasteiger partial charge in [0.05, 0.1) is 6.61 Å². The first-order valence-corrected chi connectivity index (χ1v) is 7.49. The maximum atomic E-state index is 11.9. The summed E-state index contributed by atoms with van der Waals surface area (Å²) in [4.78, 5) is 15.2. The highest BCUT2D eigenvalue weighted by atomic mass is 35.5. The second-order valence-corrected chi connectivity index (χ2v) is 5.32. The predicted octanol–water partition coefficient (Wildman–Crippen LogP) is 1.63. The fraction of sp³-hybridized carbons (Fsp3) is 0.438. The van der Waals surface area contributed by atoms with Crippen molar-refractivity contribution in [3.05, 3.63) is 36.0 Å². The van der Waals surface area contributed by atoms with Crippen molar-refractivity contribution in [2.24, 2.45) is 0 Å². The van der Waals surface area contributed by atoms with E-state index in [9.17, 15) is 4.79 Å². The molecule has 6 heteroatoms. The van der Waals surface area contributed by atoms with Gasteiger partial charge in [0.25, 0.3) is 0 Å². The molecular weight excluding hydrogens is 302 g/mol. The number of aromatic amines is 1. The number of aromatic nitrogens is 1. The molecule has 1 unspecified atom stereocenters. The molecule has 0 spiro atoms. The van der Waals surface area contributed by atoms with Gasteiger partial charge in [-0.2, -0.15) is 0 Å².